The van der Waals surface area contributed by atoms with Crippen LogP contribution < -0.4 is 16.4 Å². The van der Waals surface area contributed by atoms with Crippen LogP contribution in [-0.4, -0.2) is 49.7 Å². The summed E-state index contributed by atoms with van der Waals surface area (Å²) >= 11 is 3.46. The third-order valence-electron chi connectivity index (χ3n) is 6.09. The minimum Gasteiger partial charge on any atom is -0.310 e. The predicted molar refractivity (Wildman–Crippen MR) is 118 cm³/mol. The highest BCUT2D eigenvalue weighted by Gasteiger charge is 2.29. The number of nitrogens with one attached hydrogen (secondary N) is 1. The highest BCUT2D eigenvalue weighted by atomic mass is 79.9. The summed E-state index contributed by atoms with van der Waals surface area (Å²) in [6, 6.07) is 5.76. The van der Waals surface area contributed by atoms with Crippen molar-refractivity contribution >= 4 is 27.1 Å². The van der Waals surface area contributed by atoms with Crippen molar-refractivity contribution in [2.24, 2.45) is 0 Å². The molecule has 0 bridgehead atoms. The first-order chi connectivity index (χ1) is 14.6. The average molecular weight is 471 g/mol. The molecule has 9 heteroatoms. The molecule has 2 aliphatic heterocycles. The minimum absolute atomic E-state index is 0.0321. The van der Waals surface area contributed by atoms with Crippen LogP contribution in [0.25, 0.3) is 11.2 Å². The summed E-state index contributed by atoms with van der Waals surface area (Å²) < 4.78 is 4.44. The highest BCUT2D eigenvalue weighted by molar-refractivity contribution is 9.10. The van der Waals surface area contributed by atoms with Gasteiger partial charge in [0.05, 0.1) is 12.2 Å². The first-order valence-electron chi connectivity index (χ1n) is 10.2. The zero-order valence-electron chi connectivity index (χ0n) is 16.5. The van der Waals surface area contributed by atoms with Gasteiger partial charge in [0.2, 0.25) is 0 Å². The zero-order chi connectivity index (χ0) is 20.7. The lowest BCUT2D eigenvalue weighted by atomic mass is 10.0. The van der Waals surface area contributed by atoms with E-state index in [0.717, 1.165) is 43.5 Å². The van der Waals surface area contributed by atoms with E-state index in [1.807, 2.05) is 6.20 Å². The summed E-state index contributed by atoms with van der Waals surface area (Å²) in [6.45, 7) is 4.05. The maximum atomic E-state index is 12.5. The van der Waals surface area contributed by atoms with Gasteiger partial charge in [0.15, 0.2) is 0 Å². The van der Waals surface area contributed by atoms with E-state index < -0.39 is 0 Å². The topological polar surface area (TPSA) is 85.0 Å². The van der Waals surface area contributed by atoms with Crippen LogP contribution in [0.5, 0.6) is 0 Å². The molecule has 5 heterocycles. The molecule has 0 saturated carbocycles. The van der Waals surface area contributed by atoms with Crippen molar-refractivity contribution in [1.29, 1.82) is 0 Å². The maximum Gasteiger partial charge on any atom is 0.270 e. The molecule has 0 aliphatic carbocycles. The van der Waals surface area contributed by atoms with Gasteiger partial charge in [-0.25, -0.2) is 4.98 Å². The standard InChI is InChI=1S/C21H23BrN6O2/c22-15-7-14(8-23-10-15)9-24-16-3-5-26(6-4-16)12-17-13-27-19(29)2-1-18-21(27)28(17)20(30)11-25-18/h1-2,7-8,10-11,16-17,24H,3-6,9,12-13H2. The second kappa shape index (κ2) is 8.05. The Morgan fingerprint density at radius 3 is 2.73 bits per heavy atom. The van der Waals surface area contributed by atoms with Crippen LogP contribution in [0, 0.1) is 0 Å². The van der Waals surface area contributed by atoms with E-state index in [4.69, 9.17) is 0 Å². The Morgan fingerprint density at radius 2 is 1.93 bits per heavy atom. The third kappa shape index (κ3) is 3.73. The first-order valence-corrected chi connectivity index (χ1v) is 11.0. The second-order valence-electron chi connectivity index (χ2n) is 8.08. The number of likely N-dealkylation sites (tertiary alicyclic amines) is 1. The highest BCUT2D eigenvalue weighted by Crippen LogP contribution is 2.24. The van der Waals surface area contributed by atoms with Crippen molar-refractivity contribution in [3.63, 3.8) is 0 Å². The van der Waals surface area contributed by atoms with Crippen LogP contribution in [0.1, 0.15) is 24.4 Å². The van der Waals surface area contributed by atoms with Gasteiger partial charge in [0.1, 0.15) is 11.2 Å². The van der Waals surface area contributed by atoms with Crippen LogP contribution >= 0.6 is 15.9 Å². The van der Waals surface area contributed by atoms with Gasteiger partial charge in [-0.1, -0.05) is 0 Å². The number of hydrogen-bond donors (Lipinski definition) is 1. The summed E-state index contributed by atoms with van der Waals surface area (Å²) in [5, 5.41) is 3.63. The lowest BCUT2D eigenvalue weighted by Gasteiger charge is -2.34. The van der Waals surface area contributed by atoms with E-state index in [1.54, 1.807) is 21.4 Å². The monoisotopic (exact) mass is 470 g/mol. The summed E-state index contributed by atoms with van der Waals surface area (Å²) in [5.74, 6) is 0. The Morgan fingerprint density at radius 1 is 1.10 bits per heavy atom. The number of pyridine rings is 2. The molecule has 5 rings (SSSR count). The molecular weight excluding hydrogens is 448 g/mol. The number of rotatable bonds is 5. The SMILES string of the molecule is O=c1ccc2ncc(=O)n3c2n1CC3CN1CCC(NCc2cncc(Br)c2)CC1. The van der Waals surface area contributed by atoms with Crippen molar-refractivity contribution in [1.82, 2.24) is 29.3 Å². The molecule has 156 valence electrons. The molecule has 1 saturated heterocycles. The van der Waals surface area contributed by atoms with E-state index in [-0.39, 0.29) is 17.2 Å². The summed E-state index contributed by atoms with van der Waals surface area (Å²) in [7, 11) is 0. The van der Waals surface area contributed by atoms with Gasteiger partial charge in [-0.05, 0) is 59.6 Å². The van der Waals surface area contributed by atoms with Gasteiger partial charge in [-0.2, -0.15) is 0 Å². The quantitative estimate of drug-likeness (QED) is 0.608. The third-order valence-corrected chi connectivity index (χ3v) is 6.52. The lowest BCUT2D eigenvalue weighted by Crippen LogP contribution is -2.44. The van der Waals surface area contributed by atoms with Gasteiger partial charge < -0.3 is 10.2 Å². The Labute approximate surface area is 181 Å². The lowest BCUT2D eigenvalue weighted by molar-refractivity contribution is 0.171. The Kier molecular flexibility index (Phi) is 5.26. The molecule has 1 unspecified atom stereocenters. The molecule has 1 atom stereocenters. The molecular formula is C21H23BrN6O2. The van der Waals surface area contributed by atoms with Crippen LogP contribution in [0.4, 0.5) is 0 Å². The molecule has 0 aromatic carbocycles. The smallest absolute Gasteiger partial charge is 0.270 e. The van der Waals surface area contributed by atoms with E-state index in [2.05, 4.69) is 42.2 Å². The van der Waals surface area contributed by atoms with Crippen molar-refractivity contribution in [3.8, 4) is 0 Å². The average Bonchev–Trinajstić information content (AvgIpc) is 3.13. The minimum atomic E-state index is -0.136. The largest absolute Gasteiger partial charge is 0.310 e. The van der Waals surface area contributed by atoms with E-state index in [0.29, 0.717) is 23.8 Å². The van der Waals surface area contributed by atoms with E-state index >= 15 is 0 Å². The molecule has 0 radical (unpaired) electrons. The van der Waals surface area contributed by atoms with Crippen LogP contribution in [-0.2, 0) is 13.1 Å². The van der Waals surface area contributed by atoms with Crippen molar-refractivity contribution < 1.29 is 0 Å². The zero-order valence-corrected chi connectivity index (χ0v) is 18.1. The molecule has 2 aliphatic rings. The number of nitrogens with zero attached hydrogens (tertiary/aromatic N) is 5. The summed E-state index contributed by atoms with van der Waals surface area (Å²) in [4.78, 5) is 35.6. The van der Waals surface area contributed by atoms with Crippen molar-refractivity contribution in [3.05, 3.63) is 67.5 Å². The van der Waals surface area contributed by atoms with E-state index in [9.17, 15) is 9.59 Å². The number of aromatic nitrogens is 4. The predicted octanol–water partition coefficient (Wildman–Crippen LogP) is 1.52. The molecule has 0 spiro atoms. The normalized spacial score (nSPS) is 19.6. The van der Waals surface area contributed by atoms with Crippen molar-refractivity contribution in [2.45, 2.75) is 38.0 Å². The molecule has 1 N–H and O–H groups in total. The van der Waals surface area contributed by atoms with Gasteiger partial charge in [0, 0.05) is 48.6 Å². The first kappa shape index (κ1) is 19.6. The molecule has 8 nitrogen and oxygen atoms in total. The van der Waals surface area contributed by atoms with Crippen molar-refractivity contribution in [2.75, 3.05) is 19.6 Å². The Bertz CT molecular complexity index is 1190. The molecule has 3 aromatic rings. The molecule has 1 fully saturated rings. The van der Waals surface area contributed by atoms with Crippen LogP contribution in [0.3, 0.4) is 0 Å². The van der Waals surface area contributed by atoms with Crippen LogP contribution in [0.15, 0.2) is 50.9 Å². The van der Waals surface area contributed by atoms with Crippen LogP contribution in [0.2, 0.25) is 0 Å². The molecule has 0 amide bonds. The van der Waals surface area contributed by atoms with Gasteiger partial charge in [0.25, 0.3) is 11.1 Å². The molecule has 3 aromatic heterocycles. The summed E-state index contributed by atoms with van der Waals surface area (Å²) in [5.41, 5.74) is 2.31. The number of piperidine rings is 1. The number of halogens is 1. The fourth-order valence-corrected chi connectivity index (χ4v) is 5.01. The Hall–Kier alpha value is -2.36. The van der Waals surface area contributed by atoms with E-state index in [1.165, 1.54) is 17.8 Å². The summed E-state index contributed by atoms with van der Waals surface area (Å²) in [6.07, 6.45) is 7.16. The number of hydrogen-bond acceptors (Lipinski definition) is 6. The fourth-order valence-electron chi connectivity index (χ4n) is 4.60. The maximum absolute atomic E-state index is 12.5. The van der Waals surface area contributed by atoms with Gasteiger partial charge >= 0.3 is 0 Å². The van der Waals surface area contributed by atoms with Gasteiger partial charge in [-0.15, -0.1) is 0 Å². The Balaban J connectivity index is 1.22. The molecule has 30 heavy (non-hydrogen) atoms. The fraction of sp³-hybridized carbons (Fsp3) is 0.429. The second-order valence-corrected chi connectivity index (χ2v) is 8.99. The van der Waals surface area contributed by atoms with Gasteiger partial charge in [-0.3, -0.25) is 23.7 Å².